The van der Waals surface area contributed by atoms with Crippen molar-refractivity contribution >= 4 is 34.1 Å². The number of anilines is 1. The molecule has 0 amide bonds. The van der Waals surface area contributed by atoms with Gasteiger partial charge >= 0.3 is 5.97 Å². The van der Waals surface area contributed by atoms with Crippen molar-refractivity contribution < 1.29 is 9.53 Å². The maximum Gasteiger partial charge on any atom is 0.360 e. The van der Waals surface area contributed by atoms with Gasteiger partial charge in [0.15, 0.2) is 5.69 Å². The van der Waals surface area contributed by atoms with Crippen LogP contribution in [0.3, 0.4) is 0 Å². The van der Waals surface area contributed by atoms with Crippen LogP contribution in [-0.2, 0) is 4.74 Å². The molecule has 0 atom stereocenters. The molecule has 0 bridgehead atoms. The van der Waals surface area contributed by atoms with Gasteiger partial charge in [-0.05, 0) is 31.8 Å². The van der Waals surface area contributed by atoms with Crippen LogP contribution >= 0.6 is 23.1 Å². The van der Waals surface area contributed by atoms with Crippen LogP contribution < -0.4 is 5.32 Å². The molecule has 0 aliphatic heterocycles. The monoisotopic (exact) mass is 288 g/mol. The third-order valence-corrected chi connectivity index (χ3v) is 3.83. The van der Waals surface area contributed by atoms with Crippen molar-refractivity contribution in [1.82, 2.24) is 4.98 Å². The average Bonchev–Trinajstić information content (AvgIpc) is 2.82. The summed E-state index contributed by atoms with van der Waals surface area (Å²) in [5.41, 5.74) is 2.08. The van der Waals surface area contributed by atoms with E-state index in [0.29, 0.717) is 12.3 Å². The van der Waals surface area contributed by atoms with E-state index in [4.69, 9.17) is 4.74 Å². The zero-order valence-electron chi connectivity index (χ0n) is 10.9. The molecule has 1 aromatic heterocycles. The fourth-order valence-corrected chi connectivity index (χ4v) is 2.66. The molecule has 0 saturated heterocycles. The number of carbonyl (C=O) groups excluding carboxylic acids is 1. The van der Waals surface area contributed by atoms with Crippen molar-refractivity contribution in [2.24, 2.45) is 0 Å². The highest BCUT2D eigenvalue weighted by Gasteiger charge is 2.15. The van der Waals surface area contributed by atoms with Gasteiger partial charge in [-0.2, -0.15) is 11.8 Å². The van der Waals surface area contributed by atoms with Gasteiger partial charge in [0.1, 0.15) is 5.00 Å². The van der Waals surface area contributed by atoms with Gasteiger partial charge in [0.05, 0.1) is 12.1 Å². The minimum atomic E-state index is -0.344. The molecule has 0 radical (unpaired) electrons. The Hall–Kier alpha value is -0.750. The fraction of sp³-hybridized carbons (Fsp3) is 0.667. The number of nitrogens with zero attached hydrogens (tertiary/aromatic N) is 1. The minimum absolute atomic E-state index is 0.344. The van der Waals surface area contributed by atoms with E-state index in [2.05, 4.69) is 16.6 Å². The van der Waals surface area contributed by atoms with Crippen LogP contribution in [0.2, 0.25) is 0 Å². The lowest BCUT2D eigenvalue weighted by Crippen LogP contribution is -2.09. The number of carbonyl (C=O) groups is 1. The lowest BCUT2D eigenvalue weighted by molar-refractivity contribution is 0.0521. The van der Waals surface area contributed by atoms with E-state index in [1.807, 2.05) is 11.8 Å². The Kier molecular flexibility index (Phi) is 7.84. The lowest BCUT2D eigenvalue weighted by Gasteiger charge is -2.05. The van der Waals surface area contributed by atoms with Gasteiger partial charge in [0, 0.05) is 6.54 Å². The van der Waals surface area contributed by atoms with Gasteiger partial charge in [0.2, 0.25) is 0 Å². The summed E-state index contributed by atoms with van der Waals surface area (Å²) >= 11 is 3.32. The molecule has 18 heavy (non-hydrogen) atoms. The molecule has 1 rings (SSSR count). The predicted molar refractivity (Wildman–Crippen MR) is 78.8 cm³/mol. The van der Waals surface area contributed by atoms with Crippen LogP contribution in [-0.4, -0.2) is 36.1 Å². The largest absolute Gasteiger partial charge is 0.461 e. The molecule has 0 spiro atoms. The summed E-state index contributed by atoms with van der Waals surface area (Å²) in [6.07, 6.45) is 5.69. The second-order valence-corrected chi connectivity index (χ2v) is 5.57. The highest BCUT2D eigenvalue weighted by atomic mass is 32.2. The molecular weight excluding hydrogens is 268 g/mol. The lowest BCUT2D eigenvalue weighted by atomic mass is 10.2. The fourth-order valence-electron chi connectivity index (χ4n) is 1.47. The number of ether oxygens (including phenoxy) is 1. The van der Waals surface area contributed by atoms with Crippen LogP contribution in [0.1, 0.15) is 36.7 Å². The van der Waals surface area contributed by atoms with E-state index in [0.717, 1.165) is 18.0 Å². The number of hydrogen-bond acceptors (Lipinski definition) is 6. The van der Waals surface area contributed by atoms with Crippen molar-refractivity contribution in [3.05, 3.63) is 11.2 Å². The van der Waals surface area contributed by atoms with E-state index in [1.54, 1.807) is 12.4 Å². The third-order valence-electron chi connectivity index (χ3n) is 2.35. The number of nitrogens with one attached hydrogen (secondary N) is 1. The average molecular weight is 288 g/mol. The van der Waals surface area contributed by atoms with Gasteiger partial charge < -0.3 is 10.1 Å². The first kappa shape index (κ1) is 15.3. The van der Waals surface area contributed by atoms with Gasteiger partial charge in [-0.25, -0.2) is 9.78 Å². The first-order chi connectivity index (χ1) is 8.79. The Bertz CT molecular complexity index is 356. The summed E-state index contributed by atoms with van der Waals surface area (Å²) in [6, 6.07) is 0. The summed E-state index contributed by atoms with van der Waals surface area (Å²) in [6.45, 7) is 3.05. The van der Waals surface area contributed by atoms with Gasteiger partial charge in [0.25, 0.3) is 0 Å². The van der Waals surface area contributed by atoms with E-state index in [1.165, 1.54) is 29.9 Å². The second-order valence-electron chi connectivity index (χ2n) is 3.73. The summed E-state index contributed by atoms with van der Waals surface area (Å²) in [5, 5.41) is 4.08. The predicted octanol–water partition coefficient (Wildman–Crippen LogP) is 3.27. The van der Waals surface area contributed by atoms with Crippen molar-refractivity contribution in [2.75, 3.05) is 30.5 Å². The molecule has 6 heteroatoms. The summed E-state index contributed by atoms with van der Waals surface area (Å²) in [5.74, 6) is 0.873. The molecule has 0 saturated carbocycles. The highest BCUT2D eigenvalue weighted by Crippen LogP contribution is 2.21. The molecular formula is C12H20N2O2S2. The summed E-state index contributed by atoms with van der Waals surface area (Å²) in [4.78, 5) is 15.6. The smallest absolute Gasteiger partial charge is 0.360 e. The molecule has 4 nitrogen and oxygen atoms in total. The number of unbranched alkanes of at least 4 members (excludes halogenated alkanes) is 2. The Morgan fingerprint density at radius 2 is 2.33 bits per heavy atom. The Morgan fingerprint density at radius 3 is 3.06 bits per heavy atom. The van der Waals surface area contributed by atoms with Crippen LogP contribution in [0.25, 0.3) is 0 Å². The van der Waals surface area contributed by atoms with E-state index in [9.17, 15) is 4.79 Å². The van der Waals surface area contributed by atoms with Crippen LogP contribution in [0.5, 0.6) is 0 Å². The number of rotatable bonds is 9. The van der Waals surface area contributed by atoms with Crippen molar-refractivity contribution in [1.29, 1.82) is 0 Å². The molecule has 0 fully saturated rings. The first-order valence-electron chi connectivity index (χ1n) is 6.13. The Labute approximate surface area is 117 Å². The van der Waals surface area contributed by atoms with E-state index < -0.39 is 0 Å². The molecule has 1 aromatic rings. The number of esters is 1. The maximum atomic E-state index is 11.6. The Balaban J connectivity index is 2.30. The van der Waals surface area contributed by atoms with Gasteiger partial charge in [-0.15, -0.1) is 11.3 Å². The molecule has 0 unspecified atom stereocenters. The van der Waals surface area contributed by atoms with Gasteiger partial charge in [-0.3, -0.25) is 0 Å². The molecule has 1 heterocycles. The van der Waals surface area contributed by atoms with E-state index in [-0.39, 0.29) is 5.97 Å². The van der Waals surface area contributed by atoms with Crippen molar-refractivity contribution in [3.63, 3.8) is 0 Å². The standard InChI is InChI=1S/C12H20N2O2S2/c1-3-16-12(15)10-11(18-9-14-10)13-7-5-4-6-8-17-2/h9,13H,3-8H2,1-2H3. The molecule has 0 aromatic carbocycles. The highest BCUT2D eigenvalue weighted by molar-refractivity contribution is 7.98. The van der Waals surface area contributed by atoms with Crippen LogP contribution in [0.4, 0.5) is 5.00 Å². The topological polar surface area (TPSA) is 51.2 Å². The SMILES string of the molecule is CCOC(=O)c1ncsc1NCCCCCSC. The molecule has 1 N–H and O–H groups in total. The number of hydrogen-bond donors (Lipinski definition) is 1. The number of thiazole rings is 1. The second kappa shape index (κ2) is 9.22. The molecule has 0 aliphatic carbocycles. The van der Waals surface area contributed by atoms with Crippen LogP contribution in [0, 0.1) is 0 Å². The maximum absolute atomic E-state index is 11.6. The normalized spacial score (nSPS) is 10.3. The number of aromatic nitrogens is 1. The van der Waals surface area contributed by atoms with E-state index >= 15 is 0 Å². The van der Waals surface area contributed by atoms with Gasteiger partial charge in [-0.1, -0.05) is 6.42 Å². The molecule has 102 valence electrons. The third kappa shape index (κ3) is 5.27. The van der Waals surface area contributed by atoms with Crippen molar-refractivity contribution in [2.45, 2.75) is 26.2 Å². The van der Waals surface area contributed by atoms with Crippen LogP contribution in [0.15, 0.2) is 5.51 Å². The first-order valence-corrected chi connectivity index (χ1v) is 8.40. The summed E-state index contributed by atoms with van der Waals surface area (Å²) < 4.78 is 4.95. The quantitative estimate of drug-likeness (QED) is 0.558. The van der Waals surface area contributed by atoms with Crippen molar-refractivity contribution in [3.8, 4) is 0 Å². The zero-order chi connectivity index (χ0) is 13.2. The zero-order valence-corrected chi connectivity index (χ0v) is 12.5. The number of thioether (sulfide) groups is 1. The summed E-state index contributed by atoms with van der Waals surface area (Å²) in [7, 11) is 0. The minimum Gasteiger partial charge on any atom is -0.461 e. The Morgan fingerprint density at radius 1 is 1.50 bits per heavy atom. The molecule has 0 aliphatic rings.